The third-order valence-corrected chi connectivity index (χ3v) is 6.48. The molecule has 0 saturated heterocycles. The molecule has 172 valence electrons. The highest BCUT2D eigenvalue weighted by Crippen LogP contribution is 2.38. The molecule has 2 aromatic heterocycles. The van der Waals surface area contributed by atoms with Gasteiger partial charge in [-0.25, -0.2) is 9.59 Å². The summed E-state index contributed by atoms with van der Waals surface area (Å²) in [6.07, 6.45) is 0.628. The van der Waals surface area contributed by atoms with E-state index in [1.807, 2.05) is 30.3 Å². The fourth-order valence-corrected chi connectivity index (χ4v) is 5.15. The van der Waals surface area contributed by atoms with Crippen molar-refractivity contribution in [3.8, 4) is 0 Å². The zero-order valence-corrected chi connectivity index (χ0v) is 19.4. The van der Waals surface area contributed by atoms with Gasteiger partial charge in [-0.05, 0) is 38.0 Å². The van der Waals surface area contributed by atoms with E-state index in [0.29, 0.717) is 30.1 Å². The molecule has 8 nitrogen and oxygen atoms in total. The second-order valence-corrected chi connectivity index (χ2v) is 8.66. The van der Waals surface area contributed by atoms with Gasteiger partial charge >= 0.3 is 17.8 Å². The second kappa shape index (κ2) is 10.1. The molecule has 1 aliphatic heterocycles. The molecule has 0 fully saturated rings. The first-order valence-corrected chi connectivity index (χ1v) is 11.7. The fourth-order valence-electron chi connectivity index (χ4n) is 3.87. The number of amides is 1. The number of rotatable bonds is 6. The average molecular weight is 468 g/mol. The summed E-state index contributed by atoms with van der Waals surface area (Å²) in [4.78, 5) is 44.6. The van der Waals surface area contributed by atoms with E-state index in [0.717, 1.165) is 33.6 Å². The normalized spacial score (nSPS) is 13.4. The molecule has 1 N–H and O–H groups in total. The summed E-state index contributed by atoms with van der Waals surface area (Å²) in [7, 11) is 0. The van der Waals surface area contributed by atoms with Crippen molar-refractivity contribution in [1.82, 2.24) is 9.88 Å². The Morgan fingerprint density at radius 1 is 1.09 bits per heavy atom. The number of anilines is 1. The van der Waals surface area contributed by atoms with Crippen molar-refractivity contribution < 1.29 is 23.9 Å². The number of hydrogen-bond donors (Lipinski definition) is 1. The minimum Gasteiger partial charge on any atom is -0.462 e. The first-order valence-electron chi connectivity index (χ1n) is 10.9. The predicted molar refractivity (Wildman–Crippen MR) is 125 cm³/mol. The second-order valence-electron chi connectivity index (χ2n) is 7.56. The number of carbonyl (C=O) groups is 3. The lowest BCUT2D eigenvalue weighted by Crippen LogP contribution is -2.30. The number of hydrogen-bond acceptors (Lipinski definition) is 8. The number of fused-ring (bicyclic) bond motifs is 2. The highest BCUT2D eigenvalue weighted by Gasteiger charge is 2.30. The van der Waals surface area contributed by atoms with Gasteiger partial charge < -0.3 is 14.8 Å². The van der Waals surface area contributed by atoms with Crippen LogP contribution < -0.4 is 5.32 Å². The maximum absolute atomic E-state index is 12.7. The summed E-state index contributed by atoms with van der Waals surface area (Å²) in [6.45, 7) is 5.67. The summed E-state index contributed by atoms with van der Waals surface area (Å²) in [6, 6.07) is 12.1. The van der Waals surface area contributed by atoms with Crippen LogP contribution in [0.4, 0.5) is 5.00 Å². The predicted octanol–water partition coefficient (Wildman–Crippen LogP) is 3.53. The van der Waals surface area contributed by atoms with Gasteiger partial charge in [-0.1, -0.05) is 24.3 Å². The van der Waals surface area contributed by atoms with E-state index >= 15 is 0 Å². The molecule has 9 heteroatoms. The van der Waals surface area contributed by atoms with Crippen LogP contribution in [0.25, 0.3) is 10.9 Å². The van der Waals surface area contributed by atoms with E-state index in [1.54, 1.807) is 13.8 Å². The maximum atomic E-state index is 12.7. The first-order chi connectivity index (χ1) is 16.0. The van der Waals surface area contributed by atoms with Gasteiger partial charge in [0.2, 0.25) is 0 Å². The Morgan fingerprint density at radius 3 is 2.67 bits per heavy atom. The number of nitrogens with one attached hydrogen (secondary N) is 1. The first kappa shape index (κ1) is 22.9. The molecule has 33 heavy (non-hydrogen) atoms. The van der Waals surface area contributed by atoms with E-state index in [9.17, 15) is 14.4 Å². The van der Waals surface area contributed by atoms with E-state index in [2.05, 4.69) is 16.3 Å². The average Bonchev–Trinajstić information content (AvgIpc) is 3.16. The maximum Gasteiger partial charge on any atom is 0.397 e. The Labute approximate surface area is 195 Å². The molecule has 1 amide bonds. The van der Waals surface area contributed by atoms with E-state index in [1.165, 1.54) is 11.3 Å². The molecule has 4 rings (SSSR count). The molecule has 0 unspecified atom stereocenters. The fraction of sp³-hybridized carbons (Fsp3) is 0.333. The quantitative estimate of drug-likeness (QED) is 0.437. The van der Waals surface area contributed by atoms with Crippen LogP contribution in [0.3, 0.4) is 0 Å². The molecular weight excluding hydrogens is 442 g/mol. The van der Waals surface area contributed by atoms with Crippen LogP contribution in [0.15, 0.2) is 36.4 Å². The van der Waals surface area contributed by atoms with Crippen LogP contribution >= 0.6 is 11.3 Å². The number of pyridine rings is 1. The van der Waals surface area contributed by atoms with Gasteiger partial charge in [0.05, 0.1) is 30.0 Å². The van der Waals surface area contributed by atoms with E-state index in [4.69, 9.17) is 14.5 Å². The van der Waals surface area contributed by atoms with Crippen molar-refractivity contribution in [2.75, 3.05) is 25.1 Å². The Morgan fingerprint density at radius 2 is 1.88 bits per heavy atom. The van der Waals surface area contributed by atoms with Crippen molar-refractivity contribution in [2.24, 2.45) is 0 Å². The molecule has 0 saturated carbocycles. The number of para-hydroxylation sites is 1. The summed E-state index contributed by atoms with van der Waals surface area (Å²) in [5, 5.41) is 3.97. The molecule has 0 bridgehead atoms. The molecule has 0 atom stereocenters. The zero-order chi connectivity index (χ0) is 23.4. The standard InChI is InChI=1S/C24H25N3O5S/c1-3-31-23(29)20-17-11-12-27(13-16-10-9-15-7-5-6-8-18(15)25-16)14-19(17)33-22(20)26-21(28)24(30)32-4-2/h5-10H,3-4,11-14H2,1-2H3,(H,26,28). The number of ether oxygens (including phenoxy) is 2. The highest BCUT2D eigenvalue weighted by molar-refractivity contribution is 7.17. The smallest absolute Gasteiger partial charge is 0.397 e. The molecule has 0 radical (unpaired) electrons. The van der Waals surface area contributed by atoms with Crippen molar-refractivity contribution in [2.45, 2.75) is 33.4 Å². The van der Waals surface area contributed by atoms with Crippen LogP contribution in [0.2, 0.25) is 0 Å². The SMILES string of the molecule is CCOC(=O)C(=O)Nc1sc2c(c1C(=O)OCC)CCN(Cc1ccc3ccccc3n1)C2. The number of esters is 2. The van der Waals surface area contributed by atoms with Crippen LogP contribution in [0, 0.1) is 0 Å². The summed E-state index contributed by atoms with van der Waals surface area (Å²) in [5.74, 6) is -2.39. The number of nitrogens with zero attached hydrogens (tertiary/aromatic N) is 2. The number of carbonyl (C=O) groups excluding carboxylic acids is 3. The van der Waals surface area contributed by atoms with Gasteiger partial charge in [-0.3, -0.25) is 14.7 Å². The third-order valence-electron chi connectivity index (χ3n) is 5.35. The zero-order valence-electron chi connectivity index (χ0n) is 18.6. The van der Waals surface area contributed by atoms with Crippen molar-refractivity contribution in [3.05, 3.63) is 58.1 Å². The van der Waals surface area contributed by atoms with Gasteiger partial charge in [0, 0.05) is 29.9 Å². The molecule has 0 spiro atoms. The lowest BCUT2D eigenvalue weighted by Gasteiger charge is -2.26. The van der Waals surface area contributed by atoms with Crippen LogP contribution in [-0.2, 0) is 38.6 Å². The lowest BCUT2D eigenvalue weighted by molar-refractivity contribution is -0.152. The van der Waals surface area contributed by atoms with Crippen molar-refractivity contribution >= 4 is 45.1 Å². The third kappa shape index (κ3) is 5.04. The Balaban J connectivity index is 1.56. The lowest BCUT2D eigenvalue weighted by atomic mass is 10.0. The molecule has 1 aliphatic rings. The summed E-state index contributed by atoms with van der Waals surface area (Å²) in [5.41, 5.74) is 3.12. The Bertz CT molecular complexity index is 1210. The van der Waals surface area contributed by atoms with Gasteiger partial charge in [0.1, 0.15) is 5.00 Å². The number of benzene rings is 1. The van der Waals surface area contributed by atoms with Crippen LogP contribution in [0.5, 0.6) is 0 Å². The monoisotopic (exact) mass is 467 g/mol. The van der Waals surface area contributed by atoms with Gasteiger partial charge in [-0.2, -0.15) is 0 Å². The minimum absolute atomic E-state index is 0.0930. The van der Waals surface area contributed by atoms with Gasteiger partial charge in [0.25, 0.3) is 0 Å². The Hall–Kier alpha value is -3.30. The Kier molecular flexibility index (Phi) is 7.00. The van der Waals surface area contributed by atoms with E-state index < -0.39 is 17.8 Å². The van der Waals surface area contributed by atoms with Gasteiger partial charge in [0.15, 0.2) is 0 Å². The molecule has 3 aromatic rings. The topological polar surface area (TPSA) is 97.8 Å². The van der Waals surface area contributed by atoms with E-state index in [-0.39, 0.29) is 13.2 Å². The number of aromatic nitrogens is 1. The highest BCUT2D eigenvalue weighted by atomic mass is 32.1. The van der Waals surface area contributed by atoms with Gasteiger partial charge in [-0.15, -0.1) is 11.3 Å². The molecular formula is C24H25N3O5S. The molecule has 3 heterocycles. The van der Waals surface area contributed by atoms with Crippen molar-refractivity contribution in [1.29, 1.82) is 0 Å². The largest absolute Gasteiger partial charge is 0.462 e. The number of thiophene rings is 1. The van der Waals surface area contributed by atoms with Crippen LogP contribution in [-0.4, -0.2) is 47.5 Å². The molecule has 0 aliphatic carbocycles. The van der Waals surface area contributed by atoms with Crippen molar-refractivity contribution in [3.63, 3.8) is 0 Å². The summed E-state index contributed by atoms with van der Waals surface area (Å²) < 4.78 is 9.98. The minimum atomic E-state index is -0.984. The summed E-state index contributed by atoms with van der Waals surface area (Å²) >= 11 is 1.29. The van der Waals surface area contributed by atoms with Crippen LogP contribution in [0.1, 0.15) is 40.3 Å². The molecule has 1 aromatic carbocycles.